The molecule has 28 heavy (non-hydrogen) atoms. The average Bonchev–Trinajstić information content (AvgIpc) is 2.52. The van der Waals surface area contributed by atoms with E-state index in [4.69, 9.17) is 55.5 Å². The molecule has 0 aromatic heterocycles. The Morgan fingerprint density at radius 2 is 0.929 bits per heavy atom. The molecule has 0 aliphatic heterocycles. The lowest BCUT2D eigenvalue weighted by molar-refractivity contribution is 0.262. The van der Waals surface area contributed by atoms with Gasteiger partial charge in [0, 0.05) is 0 Å². The smallest absolute Gasteiger partial charge is 0.305 e. The summed E-state index contributed by atoms with van der Waals surface area (Å²) >= 11 is 23.5. The van der Waals surface area contributed by atoms with E-state index in [1.807, 2.05) is 0 Å². The van der Waals surface area contributed by atoms with Crippen LogP contribution in [0.2, 0.25) is 20.1 Å². The van der Waals surface area contributed by atoms with E-state index in [1.165, 1.54) is 0 Å². The predicted octanol–water partition coefficient (Wildman–Crippen LogP) is 4.44. The molecule has 0 fully saturated rings. The van der Waals surface area contributed by atoms with Gasteiger partial charge in [0.05, 0.1) is 41.3 Å². The molecule has 0 aliphatic rings. The maximum Gasteiger partial charge on any atom is 0.323 e. The SMILES string of the molecule is O=C(Nc1c(Cl)cc(S(=O)(=O)O)cc1Cl)Nc1c(Cl)cc(S(=O)(=O)O)cc1Cl. The summed E-state index contributed by atoms with van der Waals surface area (Å²) in [5.41, 5.74) is -0.370. The van der Waals surface area contributed by atoms with Gasteiger partial charge >= 0.3 is 6.03 Å². The Morgan fingerprint density at radius 1 is 0.679 bits per heavy atom. The zero-order valence-corrected chi connectivity index (χ0v) is 17.7. The van der Waals surface area contributed by atoms with Crippen molar-refractivity contribution in [3.8, 4) is 0 Å². The van der Waals surface area contributed by atoms with Gasteiger partial charge in [0.1, 0.15) is 0 Å². The van der Waals surface area contributed by atoms with E-state index >= 15 is 0 Å². The van der Waals surface area contributed by atoms with Crippen LogP contribution in [0.4, 0.5) is 16.2 Å². The third kappa shape index (κ3) is 5.39. The number of benzene rings is 2. The molecular weight excluding hydrogens is 502 g/mol. The van der Waals surface area contributed by atoms with E-state index < -0.39 is 36.1 Å². The summed E-state index contributed by atoms with van der Waals surface area (Å²) in [6.45, 7) is 0. The highest BCUT2D eigenvalue weighted by atomic mass is 35.5. The largest absolute Gasteiger partial charge is 0.323 e. The van der Waals surface area contributed by atoms with Crippen molar-refractivity contribution in [1.29, 1.82) is 0 Å². The minimum absolute atomic E-state index is 0.185. The Labute approximate surface area is 179 Å². The summed E-state index contributed by atoms with van der Waals surface area (Å²) in [7, 11) is -9.14. The summed E-state index contributed by atoms with van der Waals surface area (Å²) in [6, 6.07) is 2.48. The molecule has 0 aliphatic carbocycles. The average molecular weight is 510 g/mol. The Bertz CT molecular complexity index is 1050. The zero-order chi connectivity index (χ0) is 21.4. The maximum absolute atomic E-state index is 12.2. The number of hydrogen-bond acceptors (Lipinski definition) is 5. The normalized spacial score (nSPS) is 11.9. The van der Waals surface area contributed by atoms with Crippen LogP contribution in [0, 0.1) is 0 Å². The fourth-order valence-corrected chi connectivity index (χ4v) is 4.38. The van der Waals surface area contributed by atoms with Crippen molar-refractivity contribution >= 4 is 84.0 Å². The first kappa shape index (κ1) is 23.0. The van der Waals surface area contributed by atoms with Crippen LogP contribution in [0.15, 0.2) is 34.1 Å². The van der Waals surface area contributed by atoms with Gasteiger partial charge in [-0.3, -0.25) is 9.11 Å². The lowest BCUT2D eigenvalue weighted by Crippen LogP contribution is -2.20. The fourth-order valence-electron chi connectivity index (χ4n) is 1.89. The third-order valence-electron chi connectivity index (χ3n) is 3.10. The number of rotatable bonds is 4. The van der Waals surface area contributed by atoms with Crippen molar-refractivity contribution in [1.82, 2.24) is 0 Å². The van der Waals surface area contributed by atoms with Crippen LogP contribution in [0.3, 0.4) is 0 Å². The summed E-state index contributed by atoms with van der Waals surface area (Å²) in [6.07, 6.45) is 0. The van der Waals surface area contributed by atoms with Crippen molar-refractivity contribution in [3.05, 3.63) is 44.4 Å². The maximum atomic E-state index is 12.2. The Kier molecular flexibility index (Phi) is 6.73. The number of anilines is 2. The molecular formula is C13H8Cl4N2O7S2. The second kappa shape index (κ2) is 8.20. The number of halogens is 4. The van der Waals surface area contributed by atoms with Gasteiger partial charge in [-0.1, -0.05) is 46.4 Å². The van der Waals surface area contributed by atoms with Gasteiger partial charge in [0.2, 0.25) is 0 Å². The number of urea groups is 1. The molecule has 2 aromatic rings. The van der Waals surface area contributed by atoms with Gasteiger partial charge in [0.25, 0.3) is 20.2 Å². The fraction of sp³-hybridized carbons (Fsp3) is 0. The van der Waals surface area contributed by atoms with Crippen LogP contribution in [0.5, 0.6) is 0 Å². The highest BCUT2D eigenvalue weighted by Crippen LogP contribution is 2.35. The van der Waals surface area contributed by atoms with Crippen molar-refractivity contribution < 1.29 is 30.7 Å². The van der Waals surface area contributed by atoms with Crippen LogP contribution >= 0.6 is 46.4 Å². The van der Waals surface area contributed by atoms with Crippen molar-refractivity contribution in [3.63, 3.8) is 0 Å². The van der Waals surface area contributed by atoms with Gasteiger partial charge in [0.15, 0.2) is 0 Å². The monoisotopic (exact) mass is 508 g/mol. The highest BCUT2D eigenvalue weighted by Gasteiger charge is 2.20. The lowest BCUT2D eigenvalue weighted by Gasteiger charge is -2.14. The number of carbonyl (C=O) groups excluding carboxylic acids is 1. The molecule has 0 spiro atoms. The predicted molar refractivity (Wildman–Crippen MR) is 105 cm³/mol. The molecule has 0 radical (unpaired) electrons. The summed E-state index contributed by atoms with van der Waals surface area (Å²) < 4.78 is 62.6. The van der Waals surface area contributed by atoms with Crippen LogP contribution in [-0.2, 0) is 20.2 Å². The Morgan fingerprint density at radius 3 is 1.14 bits per heavy atom. The Balaban J connectivity index is 2.31. The van der Waals surface area contributed by atoms with Crippen LogP contribution in [0.25, 0.3) is 0 Å². The second-order valence-electron chi connectivity index (χ2n) is 5.05. The van der Waals surface area contributed by atoms with Crippen molar-refractivity contribution in [2.24, 2.45) is 0 Å². The molecule has 2 rings (SSSR count). The molecule has 2 amide bonds. The quantitative estimate of drug-likeness (QED) is 0.445. The molecule has 0 saturated heterocycles. The summed E-state index contributed by atoms with van der Waals surface area (Å²) in [5.74, 6) is 0. The van der Waals surface area contributed by atoms with E-state index in [0.29, 0.717) is 0 Å². The van der Waals surface area contributed by atoms with Crippen LogP contribution in [-0.4, -0.2) is 32.0 Å². The molecule has 0 saturated carbocycles. The minimum atomic E-state index is -4.57. The van der Waals surface area contributed by atoms with Crippen LogP contribution < -0.4 is 10.6 Å². The Hall–Kier alpha value is -1.31. The summed E-state index contributed by atoms with van der Waals surface area (Å²) in [5, 5.41) is 3.27. The zero-order valence-electron chi connectivity index (χ0n) is 13.1. The summed E-state index contributed by atoms with van der Waals surface area (Å²) in [4.78, 5) is 11.0. The number of carbonyl (C=O) groups is 1. The molecule has 0 bridgehead atoms. The van der Waals surface area contributed by atoms with Gasteiger partial charge in [-0.15, -0.1) is 0 Å². The highest BCUT2D eigenvalue weighted by molar-refractivity contribution is 7.86. The minimum Gasteiger partial charge on any atom is -0.305 e. The first-order valence-electron chi connectivity index (χ1n) is 6.71. The van der Waals surface area contributed by atoms with Gasteiger partial charge in [-0.05, 0) is 24.3 Å². The topological polar surface area (TPSA) is 150 Å². The standard InChI is InChI=1S/C13H8Cl4N2O7S2/c14-7-1-5(27(21,22)23)2-8(15)11(7)18-13(20)19-12-9(16)3-6(4-10(12)17)28(24,25)26/h1-4H,(H2,18,19,20)(H,21,22,23)(H,24,25,26). The number of hydrogen-bond donors (Lipinski definition) is 4. The van der Waals surface area contributed by atoms with E-state index in [2.05, 4.69) is 10.6 Å². The van der Waals surface area contributed by atoms with Gasteiger partial charge < -0.3 is 10.6 Å². The molecule has 0 atom stereocenters. The lowest BCUT2D eigenvalue weighted by atomic mass is 10.3. The first-order valence-corrected chi connectivity index (χ1v) is 11.1. The van der Waals surface area contributed by atoms with Gasteiger partial charge in [-0.2, -0.15) is 16.8 Å². The molecule has 15 heteroatoms. The molecule has 0 heterocycles. The second-order valence-corrected chi connectivity index (χ2v) is 9.52. The van der Waals surface area contributed by atoms with Crippen molar-refractivity contribution in [2.75, 3.05) is 10.6 Å². The van der Waals surface area contributed by atoms with Crippen LogP contribution in [0.1, 0.15) is 0 Å². The third-order valence-corrected chi connectivity index (χ3v) is 5.96. The molecule has 9 nitrogen and oxygen atoms in total. The molecule has 2 aromatic carbocycles. The number of amides is 2. The molecule has 0 unspecified atom stereocenters. The first-order chi connectivity index (χ1) is 12.7. The van der Waals surface area contributed by atoms with Crippen molar-refractivity contribution in [2.45, 2.75) is 9.79 Å². The van der Waals surface area contributed by atoms with E-state index in [9.17, 15) is 21.6 Å². The number of nitrogens with one attached hydrogen (secondary N) is 2. The van der Waals surface area contributed by atoms with E-state index in [-0.39, 0.29) is 31.5 Å². The van der Waals surface area contributed by atoms with E-state index in [0.717, 1.165) is 24.3 Å². The molecule has 152 valence electrons. The van der Waals surface area contributed by atoms with E-state index in [1.54, 1.807) is 0 Å². The molecule has 4 N–H and O–H groups in total. The van der Waals surface area contributed by atoms with Gasteiger partial charge in [-0.25, -0.2) is 4.79 Å².